The van der Waals surface area contributed by atoms with Crippen molar-refractivity contribution in [2.24, 2.45) is 0 Å². The first-order valence-corrected chi connectivity index (χ1v) is 7.46. The van der Waals surface area contributed by atoms with Gasteiger partial charge in [0.1, 0.15) is 11.5 Å². The van der Waals surface area contributed by atoms with Gasteiger partial charge in [-0.25, -0.2) is 0 Å². The third kappa shape index (κ3) is 2.27. The Bertz CT molecular complexity index is 837. The van der Waals surface area contributed by atoms with E-state index in [4.69, 9.17) is 9.47 Å². The van der Waals surface area contributed by atoms with Crippen LogP contribution in [0.1, 0.15) is 10.4 Å². The molecule has 0 saturated carbocycles. The lowest BCUT2D eigenvalue weighted by Crippen LogP contribution is -1.95. The van der Waals surface area contributed by atoms with E-state index in [0.29, 0.717) is 22.6 Å². The van der Waals surface area contributed by atoms with E-state index in [9.17, 15) is 4.79 Å². The highest BCUT2D eigenvalue weighted by molar-refractivity contribution is 9.10. The van der Waals surface area contributed by atoms with Crippen LogP contribution in [0.3, 0.4) is 0 Å². The predicted molar refractivity (Wildman–Crippen MR) is 89.9 cm³/mol. The van der Waals surface area contributed by atoms with Crippen molar-refractivity contribution in [2.45, 2.75) is 0 Å². The van der Waals surface area contributed by atoms with Crippen LogP contribution in [0.2, 0.25) is 0 Å². The summed E-state index contributed by atoms with van der Waals surface area (Å²) < 4.78 is 11.8. The maximum absolute atomic E-state index is 11.4. The van der Waals surface area contributed by atoms with Gasteiger partial charge in [-0.15, -0.1) is 0 Å². The van der Waals surface area contributed by atoms with Crippen LogP contribution in [0.15, 0.2) is 41.0 Å². The second-order valence-electron chi connectivity index (χ2n) is 4.77. The molecule has 4 nitrogen and oxygen atoms in total. The molecule has 0 saturated heterocycles. The van der Waals surface area contributed by atoms with Gasteiger partial charge >= 0.3 is 0 Å². The number of hydrogen-bond acceptors (Lipinski definition) is 3. The number of fused-ring (bicyclic) bond motifs is 1. The summed E-state index contributed by atoms with van der Waals surface area (Å²) in [7, 11) is 3.14. The number of rotatable bonds is 4. The van der Waals surface area contributed by atoms with E-state index in [0.717, 1.165) is 27.3 Å². The zero-order chi connectivity index (χ0) is 15.7. The molecular weight excluding hydrogens is 346 g/mol. The molecule has 0 aliphatic rings. The average molecular weight is 360 g/mol. The van der Waals surface area contributed by atoms with E-state index in [1.807, 2.05) is 30.5 Å². The Morgan fingerprint density at radius 2 is 1.77 bits per heavy atom. The van der Waals surface area contributed by atoms with Crippen LogP contribution >= 0.6 is 15.9 Å². The van der Waals surface area contributed by atoms with Gasteiger partial charge in [0.15, 0.2) is 6.29 Å². The van der Waals surface area contributed by atoms with Gasteiger partial charge in [-0.3, -0.25) is 4.79 Å². The van der Waals surface area contributed by atoms with Gasteiger partial charge in [0.2, 0.25) is 0 Å². The van der Waals surface area contributed by atoms with Gasteiger partial charge in [0.25, 0.3) is 0 Å². The maximum atomic E-state index is 11.4. The fourth-order valence-corrected chi connectivity index (χ4v) is 2.85. The number of hydrogen-bond donors (Lipinski definition) is 1. The van der Waals surface area contributed by atoms with Crippen molar-refractivity contribution < 1.29 is 14.3 Å². The molecule has 0 aliphatic carbocycles. The van der Waals surface area contributed by atoms with Crippen LogP contribution < -0.4 is 9.47 Å². The maximum Gasteiger partial charge on any atom is 0.155 e. The molecular formula is C17H14BrNO3. The lowest BCUT2D eigenvalue weighted by atomic mass is 10.0. The summed E-state index contributed by atoms with van der Waals surface area (Å²) in [5.74, 6) is 1.15. The third-order valence-electron chi connectivity index (χ3n) is 3.64. The highest BCUT2D eigenvalue weighted by Gasteiger charge is 2.18. The summed E-state index contributed by atoms with van der Waals surface area (Å²) in [5.41, 5.74) is 3.21. The molecule has 22 heavy (non-hydrogen) atoms. The Kier molecular flexibility index (Phi) is 3.90. The fraction of sp³-hybridized carbons (Fsp3) is 0.118. The van der Waals surface area contributed by atoms with Gasteiger partial charge in [0, 0.05) is 22.3 Å². The summed E-state index contributed by atoms with van der Waals surface area (Å²) in [6.07, 6.45) is 2.67. The van der Waals surface area contributed by atoms with Crippen molar-refractivity contribution >= 4 is 33.1 Å². The molecule has 0 aliphatic heterocycles. The first kappa shape index (κ1) is 14.7. The molecule has 2 aromatic carbocycles. The van der Waals surface area contributed by atoms with Crippen LogP contribution in [0, 0.1) is 0 Å². The highest BCUT2D eigenvalue weighted by atomic mass is 79.9. The predicted octanol–water partition coefficient (Wildman–Crippen LogP) is 4.43. The first-order valence-electron chi connectivity index (χ1n) is 6.66. The van der Waals surface area contributed by atoms with Crippen molar-refractivity contribution in [1.29, 1.82) is 0 Å². The molecule has 0 amide bonds. The molecule has 1 N–H and O–H groups in total. The van der Waals surface area contributed by atoms with Gasteiger partial charge in [-0.1, -0.05) is 28.1 Å². The monoisotopic (exact) mass is 359 g/mol. The lowest BCUT2D eigenvalue weighted by molar-refractivity contribution is 0.112. The van der Waals surface area contributed by atoms with Gasteiger partial charge in [-0.2, -0.15) is 0 Å². The molecule has 5 heteroatoms. The number of benzene rings is 2. The molecule has 0 spiro atoms. The van der Waals surface area contributed by atoms with Crippen LogP contribution in [-0.4, -0.2) is 25.5 Å². The van der Waals surface area contributed by atoms with Crippen molar-refractivity contribution in [1.82, 2.24) is 4.98 Å². The van der Waals surface area contributed by atoms with Gasteiger partial charge in [0.05, 0.1) is 30.7 Å². The molecule has 1 heterocycles. The number of carbonyl (C=O) groups is 1. The van der Waals surface area contributed by atoms with Crippen LogP contribution in [0.4, 0.5) is 0 Å². The van der Waals surface area contributed by atoms with E-state index in [-0.39, 0.29) is 0 Å². The molecule has 0 unspecified atom stereocenters. The van der Waals surface area contributed by atoms with Crippen molar-refractivity contribution in [3.63, 3.8) is 0 Å². The summed E-state index contributed by atoms with van der Waals surface area (Å²) >= 11 is 3.43. The quantitative estimate of drug-likeness (QED) is 0.701. The van der Waals surface area contributed by atoms with E-state index in [2.05, 4.69) is 20.9 Å². The number of methoxy groups -OCH3 is 2. The van der Waals surface area contributed by atoms with E-state index >= 15 is 0 Å². The molecule has 112 valence electrons. The molecule has 3 rings (SSSR count). The van der Waals surface area contributed by atoms with Crippen molar-refractivity contribution in [3.05, 3.63) is 46.6 Å². The number of aromatic amines is 1. The molecule has 0 radical (unpaired) electrons. The molecule has 3 aromatic rings. The number of aromatic nitrogens is 1. The van der Waals surface area contributed by atoms with Crippen molar-refractivity contribution in [3.8, 4) is 22.6 Å². The van der Waals surface area contributed by atoms with E-state index in [1.165, 1.54) is 7.11 Å². The Hall–Kier alpha value is -2.27. The first-order chi connectivity index (χ1) is 10.7. The minimum Gasteiger partial charge on any atom is -0.496 e. The second-order valence-corrected chi connectivity index (χ2v) is 5.69. The minimum atomic E-state index is 0.488. The number of carbonyl (C=O) groups excluding carboxylic acids is 1. The topological polar surface area (TPSA) is 51.3 Å². The zero-order valence-electron chi connectivity index (χ0n) is 12.1. The normalized spacial score (nSPS) is 10.7. The molecule has 0 bridgehead atoms. The smallest absolute Gasteiger partial charge is 0.155 e. The van der Waals surface area contributed by atoms with Gasteiger partial charge < -0.3 is 14.5 Å². The lowest BCUT2D eigenvalue weighted by Gasteiger charge is -2.10. The molecule has 0 atom stereocenters. The zero-order valence-corrected chi connectivity index (χ0v) is 13.7. The molecule has 0 fully saturated rings. The number of nitrogens with one attached hydrogen (secondary N) is 1. The Labute approximate surface area is 136 Å². The number of aldehydes is 1. The third-order valence-corrected chi connectivity index (χ3v) is 4.17. The number of halogens is 1. The van der Waals surface area contributed by atoms with Crippen molar-refractivity contribution in [2.75, 3.05) is 14.2 Å². The van der Waals surface area contributed by atoms with Crippen LogP contribution in [0.5, 0.6) is 11.5 Å². The highest BCUT2D eigenvalue weighted by Crippen LogP contribution is 2.40. The van der Waals surface area contributed by atoms with Gasteiger partial charge in [-0.05, 0) is 17.7 Å². The van der Waals surface area contributed by atoms with Crippen LogP contribution in [-0.2, 0) is 0 Å². The Morgan fingerprint density at radius 3 is 2.36 bits per heavy atom. The van der Waals surface area contributed by atoms with E-state index in [1.54, 1.807) is 13.2 Å². The Morgan fingerprint density at radius 1 is 1.09 bits per heavy atom. The summed E-state index contributed by atoms with van der Waals surface area (Å²) in [4.78, 5) is 14.6. The minimum absolute atomic E-state index is 0.488. The average Bonchev–Trinajstić information content (AvgIpc) is 2.98. The second kappa shape index (κ2) is 5.85. The Balaban J connectivity index is 2.34. The summed E-state index contributed by atoms with van der Waals surface area (Å²) in [6, 6.07) is 9.71. The van der Waals surface area contributed by atoms with Crippen LogP contribution in [0.25, 0.3) is 22.0 Å². The number of ether oxygens (including phenoxy) is 2. The largest absolute Gasteiger partial charge is 0.496 e. The summed E-state index contributed by atoms with van der Waals surface area (Å²) in [5, 5.41) is 0.868. The fourth-order valence-electron chi connectivity index (χ4n) is 2.59. The number of H-pyrrole nitrogens is 1. The van der Waals surface area contributed by atoms with E-state index < -0.39 is 0 Å². The standard InChI is InChI=1S/C17H14BrNO3/c1-21-14-7-15(22-2)16-12(8-19-17(16)13(14)9-20)10-3-5-11(18)6-4-10/h3-9,19H,1-2H3. The molecule has 1 aromatic heterocycles. The summed E-state index contributed by atoms with van der Waals surface area (Å²) in [6.45, 7) is 0. The SMILES string of the molecule is COc1cc(OC)c2c(-c3ccc(Br)cc3)c[nH]c2c1C=O.